The molecule has 1 aliphatic carbocycles. The van der Waals surface area contributed by atoms with E-state index in [-0.39, 0.29) is 6.29 Å². The molecule has 2 aliphatic rings. The van der Waals surface area contributed by atoms with E-state index in [4.69, 9.17) is 9.47 Å². The van der Waals surface area contributed by atoms with Crippen molar-refractivity contribution in [1.82, 2.24) is 14.8 Å². The zero-order valence-corrected chi connectivity index (χ0v) is 8.58. The highest BCUT2D eigenvalue weighted by atomic mass is 16.7. The van der Waals surface area contributed by atoms with Crippen LogP contribution in [0.25, 0.3) is 0 Å². The van der Waals surface area contributed by atoms with Crippen molar-refractivity contribution in [2.24, 2.45) is 0 Å². The van der Waals surface area contributed by atoms with Crippen molar-refractivity contribution in [2.75, 3.05) is 0 Å². The summed E-state index contributed by atoms with van der Waals surface area (Å²) in [6.07, 6.45) is 8.51. The average Bonchev–Trinajstić information content (AvgIpc) is 2.86. The Morgan fingerprint density at radius 3 is 2.53 bits per heavy atom. The first kappa shape index (κ1) is 9.30. The molecule has 2 atom stereocenters. The first-order valence-electron chi connectivity index (χ1n) is 5.55. The minimum Gasteiger partial charge on any atom is -0.345 e. The summed E-state index contributed by atoms with van der Waals surface area (Å²) < 4.78 is 13.4. The molecule has 1 aromatic heterocycles. The van der Waals surface area contributed by atoms with Crippen LogP contribution >= 0.6 is 0 Å². The van der Waals surface area contributed by atoms with Crippen molar-refractivity contribution in [3.63, 3.8) is 0 Å². The van der Waals surface area contributed by atoms with Gasteiger partial charge in [-0.1, -0.05) is 12.8 Å². The van der Waals surface area contributed by atoms with Gasteiger partial charge in [0.05, 0.1) is 18.8 Å². The molecule has 2 heterocycles. The van der Waals surface area contributed by atoms with Gasteiger partial charge >= 0.3 is 0 Å². The molecule has 1 aliphatic heterocycles. The highest BCUT2D eigenvalue weighted by molar-refractivity contribution is 4.81. The lowest BCUT2D eigenvalue weighted by Gasteiger charge is -2.21. The maximum atomic E-state index is 5.83. The van der Waals surface area contributed by atoms with Crippen LogP contribution in [0.3, 0.4) is 0 Å². The molecular weight excluding hydrogens is 194 g/mol. The Labute approximate surface area is 88.4 Å². The second-order valence-electron chi connectivity index (χ2n) is 4.18. The molecule has 0 amide bonds. The van der Waals surface area contributed by atoms with E-state index in [1.807, 2.05) is 0 Å². The van der Waals surface area contributed by atoms with Gasteiger partial charge in [-0.3, -0.25) is 0 Å². The summed E-state index contributed by atoms with van der Waals surface area (Å²) in [4.78, 5) is 3.90. The van der Waals surface area contributed by atoms with Crippen LogP contribution in [0.1, 0.15) is 25.7 Å². The van der Waals surface area contributed by atoms with Gasteiger partial charge in [0.2, 0.25) is 0 Å². The van der Waals surface area contributed by atoms with E-state index in [2.05, 4.69) is 10.1 Å². The van der Waals surface area contributed by atoms with Gasteiger partial charge in [-0.2, -0.15) is 5.10 Å². The number of hydrogen-bond donors (Lipinski definition) is 0. The fraction of sp³-hybridized carbons (Fsp3) is 0.800. The van der Waals surface area contributed by atoms with E-state index in [0.29, 0.717) is 18.8 Å². The van der Waals surface area contributed by atoms with E-state index in [9.17, 15) is 0 Å². The van der Waals surface area contributed by atoms with Gasteiger partial charge < -0.3 is 9.47 Å². The number of hydrogen-bond acceptors (Lipinski definition) is 4. The molecule has 1 saturated heterocycles. The van der Waals surface area contributed by atoms with Crippen molar-refractivity contribution < 1.29 is 9.47 Å². The molecule has 5 nitrogen and oxygen atoms in total. The fourth-order valence-corrected chi connectivity index (χ4v) is 2.36. The van der Waals surface area contributed by atoms with Crippen molar-refractivity contribution >= 4 is 0 Å². The molecule has 0 bridgehead atoms. The van der Waals surface area contributed by atoms with Crippen molar-refractivity contribution in [2.45, 2.75) is 50.7 Å². The zero-order valence-electron chi connectivity index (χ0n) is 8.58. The number of ether oxygens (including phenoxy) is 2. The predicted octanol–water partition coefficient (Wildman–Crippen LogP) is 0.962. The van der Waals surface area contributed by atoms with Gasteiger partial charge in [-0.05, 0) is 12.8 Å². The van der Waals surface area contributed by atoms with E-state index in [0.717, 1.165) is 12.8 Å². The van der Waals surface area contributed by atoms with Gasteiger partial charge in [0, 0.05) is 0 Å². The first-order chi connectivity index (χ1) is 7.42. The van der Waals surface area contributed by atoms with Gasteiger partial charge in [-0.15, -0.1) is 0 Å². The van der Waals surface area contributed by atoms with Crippen molar-refractivity contribution in [3.8, 4) is 0 Å². The fourth-order valence-electron chi connectivity index (χ4n) is 2.36. The van der Waals surface area contributed by atoms with E-state index >= 15 is 0 Å². The SMILES string of the molecule is c1ncn(CC2OC3CCCCC3O2)n1. The largest absolute Gasteiger partial charge is 0.345 e. The summed E-state index contributed by atoms with van der Waals surface area (Å²) in [6, 6.07) is 0. The average molecular weight is 209 g/mol. The second kappa shape index (κ2) is 3.90. The summed E-state index contributed by atoms with van der Waals surface area (Å²) in [6.45, 7) is 0.646. The van der Waals surface area contributed by atoms with Crippen LogP contribution in [-0.2, 0) is 16.0 Å². The van der Waals surface area contributed by atoms with E-state index < -0.39 is 0 Å². The number of aromatic nitrogens is 3. The summed E-state index contributed by atoms with van der Waals surface area (Å²) in [7, 11) is 0. The molecule has 15 heavy (non-hydrogen) atoms. The van der Waals surface area contributed by atoms with E-state index in [1.54, 1.807) is 11.0 Å². The zero-order chi connectivity index (χ0) is 10.1. The van der Waals surface area contributed by atoms with Crippen LogP contribution in [0.2, 0.25) is 0 Å². The summed E-state index contributed by atoms with van der Waals surface area (Å²) in [5.74, 6) is 0. The van der Waals surface area contributed by atoms with Crippen LogP contribution in [0, 0.1) is 0 Å². The molecule has 0 N–H and O–H groups in total. The van der Waals surface area contributed by atoms with E-state index in [1.165, 1.54) is 19.2 Å². The van der Waals surface area contributed by atoms with Crippen LogP contribution in [-0.4, -0.2) is 33.3 Å². The Kier molecular flexibility index (Phi) is 2.42. The van der Waals surface area contributed by atoms with Crippen LogP contribution in [0.4, 0.5) is 0 Å². The number of fused-ring (bicyclic) bond motifs is 1. The molecule has 3 rings (SSSR count). The third-order valence-corrected chi connectivity index (χ3v) is 3.10. The standard InChI is InChI=1S/C10H15N3O2/c1-2-4-9-8(3-1)14-10(15-9)5-13-7-11-6-12-13/h6-10H,1-5H2. The quantitative estimate of drug-likeness (QED) is 0.728. The maximum Gasteiger partial charge on any atom is 0.178 e. The second-order valence-corrected chi connectivity index (χ2v) is 4.18. The minimum absolute atomic E-state index is 0.139. The highest BCUT2D eigenvalue weighted by Crippen LogP contribution is 2.31. The number of rotatable bonds is 2. The monoisotopic (exact) mass is 209 g/mol. The normalized spacial score (nSPS) is 35.3. The molecule has 2 fully saturated rings. The Hall–Kier alpha value is -0.940. The molecule has 1 aromatic rings. The van der Waals surface area contributed by atoms with Crippen molar-refractivity contribution in [3.05, 3.63) is 12.7 Å². The lowest BCUT2D eigenvalue weighted by molar-refractivity contribution is -0.0768. The Bertz CT molecular complexity index is 300. The van der Waals surface area contributed by atoms with Crippen LogP contribution < -0.4 is 0 Å². The van der Waals surface area contributed by atoms with Gasteiger partial charge in [0.15, 0.2) is 6.29 Å². The van der Waals surface area contributed by atoms with Gasteiger partial charge in [-0.25, -0.2) is 9.67 Å². The smallest absolute Gasteiger partial charge is 0.178 e. The highest BCUT2D eigenvalue weighted by Gasteiger charge is 2.37. The minimum atomic E-state index is -0.139. The predicted molar refractivity (Wildman–Crippen MR) is 52.0 cm³/mol. The Balaban J connectivity index is 1.60. The van der Waals surface area contributed by atoms with Crippen molar-refractivity contribution in [1.29, 1.82) is 0 Å². The third kappa shape index (κ3) is 1.89. The summed E-state index contributed by atoms with van der Waals surface area (Å²) >= 11 is 0. The Morgan fingerprint density at radius 1 is 1.20 bits per heavy atom. The molecule has 1 saturated carbocycles. The summed E-state index contributed by atoms with van der Waals surface area (Å²) in [5, 5.41) is 4.04. The van der Waals surface area contributed by atoms with Crippen LogP contribution in [0.15, 0.2) is 12.7 Å². The molecule has 2 unspecified atom stereocenters. The lowest BCUT2D eigenvalue weighted by atomic mass is 9.95. The van der Waals surface area contributed by atoms with Gasteiger partial charge in [0.1, 0.15) is 12.7 Å². The topological polar surface area (TPSA) is 49.2 Å². The summed E-state index contributed by atoms with van der Waals surface area (Å²) in [5.41, 5.74) is 0. The molecular formula is C10H15N3O2. The number of nitrogens with zero attached hydrogens (tertiary/aromatic N) is 3. The molecule has 0 radical (unpaired) electrons. The first-order valence-corrected chi connectivity index (χ1v) is 5.55. The van der Waals surface area contributed by atoms with Crippen LogP contribution in [0.5, 0.6) is 0 Å². The molecule has 5 heteroatoms. The Morgan fingerprint density at radius 2 is 1.93 bits per heavy atom. The molecule has 82 valence electrons. The van der Waals surface area contributed by atoms with Gasteiger partial charge in [0.25, 0.3) is 0 Å². The maximum absolute atomic E-state index is 5.83. The third-order valence-electron chi connectivity index (χ3n) is 3.10. The molecule has 0 aromatic carbocycles. The molecule has 0 spiro atoms. The lowest BCUT2D eigenvalue weighted by Crippen LogP contribution is -2.25.